The van der Waals surface area contributed by atoms with Crippen molar-refractivity contribution < 1.29 is 34.1 Å². The Hall–Kier alpha value is -1.93. The molecule has 1 aromatic heterocycles. The maximum absolute atomic E-state index is 11.1. The van der Waals surface area contributed by atoms with Gasteiger partial charge in [-0.05, 0) is 0 Å². The van der Waals surface area contributed by atoms with Gasteiger partial charge < -0.3 is 24.4 Å². The molecule has 1 rings (SSSR count). The number of nitrogens with zero attached hydrogens (tertiary/aromatic N) is 1. The molecule has 0 aliphatic heterocycles. The van der Waals surface area contributed by atoms with Crippen LogP contribution in [0.2, 0.25) is 0 Å². The SMILES string of the molecule is COCCOCCOC(=O)On1c(O)ccc1O. The minimum absolute atomic E-state index is 0.00859. The van der Waals surface area contributed by atoms with E-state index in [1.807, 2.05) is 0 Å². The summed E-state index contributed by atoms with van der Waals surface area (Å²) in [7, 11) is 1.55. The fraction of sp³-hybridized carbons (Fsp3) is 0.500. The van der Waals surface area contributed by atoms with Crippen LogP contribution >= 0.6 is 0 Å². The van der Waals surface area contributed by atoms with E-state index >= 15 is 0 Å². The Kier molecular flexibility index (Phi) is 5.81. The van der Waals surface area contributed by atoms with Gasteiger partial charge in [-0.1, -0.05) is 0 Å². The third-order valence-electron chi connectivity index (χ3n) is 1.84. The predicted molar refractivity (Wildman–Crippen MR) is 58.4 cm³/mol. The van der Waals surface area contributed by atoms with E-state index in [-0.39, 0.29) is 13.2 Å². The second-order valence-electron chi connectivity index (χ2n) is 3.14. The molecule has 102 valence electrons. The van der Waals surface area contributed by atoms with E-state index in [2.05, 4.69) is 9.57 Å². The lowest BCUT2D eigenvalue weighted by Gasteiger charge is -2.07. The van der Waals surface area contributed by atoms with Crippen molar-refractivity contribution in [3.63, 3.8) is 0 Å². The van der Waals surface area contributed by atoms with Gasteiger partial charge in [-0.25, -0.2) is 4.79 Å². The van der Waals surface area contributed by atoms with Gasteiger partial charge in [0.15, 0.2) is 0 Å². The third kappa shape index (κ3) is 4.52. The van der Waals surface area contributed by atoms with Crippen molar-refractivity contribution in [1.29, 1.82) is 0 Å². The van der Waals surface area contributed by atoms with E-state index in [1.165, 1.54) is 0 Å². The lowest BCUT2D eigenvalue weighted by molar-refractivity contribution is 0.00690. The first-order valence-electron chi connectivity index (χ1n) is 5.16. The number of rotatable bonds is 7. The van der Waals surface area contributed by atoms with Crippen LogP contribution in [0.5, 0.6) is 11.8 Å². The Morgan fingerprint density at radius 3 is 2.39 bits per heavy atom. The molecule has 0 aliphatic carbocycles. The summed E-state index contributed by atoms with van der Waals surface area (Å²) in [5.74, 6) is -0.832. The molecule has 1 heterocycles. The van der Waals surface area contributed by atoms with Crippen LogP contribution in [0.4, 0.5) is 4.79 Å². The Morgan fingerprint density at radius 1 is 1.17 bits per heavy atom. The fourth-order valence-corrected chi connectivity index (χ4v) is 1.02. The number of carbonyl (C=O) groups is 1. The molecule has 0 saturated heterocycles. The molecule has 0 radical (unpaired) electrons. The molecule has 8 nitrogen and oxygen atoms in total. The molecule has 0 saturated carbocycles. The Morgan fingerprint density at radius 2 is 1.78 bits per heavy atom. The smallest absolute Gasteiger partial charge is 0.492 e. The monoisotopic (exact) mass is 261 g/mol. The number of aromatic nitrogens is 1. The van der Waals surface area contributed by atoms with Gasteiger partial charge in [0.05, 0.1) is 19.8 Å². The molecular formula is C10H15NO7. The Balaban J connectivity index is 2.18. The molecule has 0 bridgehead atoms. The van der Waals surface area contributed by atoms with Crippen molar-refractivity contribution in [1.82, 2.24) is 4.73 Å². The van der Waals surface area contributed by atoms with Crippen molar-refractivity contribution in [2.24, 2.45) is 0 Å². The summed E-state index contributed by atoms with van der Waals surface area (Å²) >= 11 is 0. The lowest BCUT2D eigenvalue weighted by atomic mass is 10.6. The van der Waals surface area contributed by atoms with Crippen LogP contribution in [0.25, 0.3) is 0 Å². The van der Waals surface area contributed by atoms with Crippen molar-refractivity contribution in [3.05, 3.63) is 12.1 Å². The normalized spacial score (nSPS) is 10.3. The maximum Gasteiger partial charge on any atom is 0.534 e. The molecular weight excluding hydrogens is 246 g/mol. The second kappa shape index (κ2) is 7.41. The number of hydrogen-bond acceptors (Lipinski definition) is 7. The minimum atomic E-state index is -1.06. The molecule has 18 heavy (non-hydrogen) atoms. The number of carbonyl (C=O) groups excluding carboxylic acids is 1. The van der Waals surface area contributed by atoms with Crippen LogP contribution in [-0.4, -0.2) is 54.6 Å². The quantitative estimate of drug-likeness (QED) is 0.531. The zero-order valence-electron chi connectivity index (χ0n) is 9.87. The molecule has 0 amide bonds. The van der Waals surface area contributed by atoms with Crippen LogP contribution in [0.3, 0.4) is 0 Å². The highest BCUT2D eigenvalue weighted by atomic mass is 16.8. The predicted octanol–water partition coefficient (Wildman–Crippen LogP) is 0.127. The van der Waals surface area contributed by atoms with Crippen molar-refractivity contribution in [2.45, 2.75) is 0 Å². The first-order chi connectivity index (χ1) is 8.65. The molecule has 0 aliphatic rings. The van der Waals surface area contributed by atoms with Crippen molar-refractivity contribution in [2.75, 3.05) is 33.5 Å². The average Bonchev–Trinajstić information content (AvgIpc) is 2.65. The number of methoxy groups -OCH3 is 1. The highest BCUT2D eigenvalue weighted by Crippen LogP contribution is 2.18. The van der Waals surface area contributed by atoms with Crippen LogP contribution in [0, 0.1) is 0 Å². The van der Waals surface area contributed by atoms with Gasteiger partial charge >= 0.3 is 6.16 Å². The molecule has 0 fully saturated rings. The Labute approximate surface area is 103 Å². The summed E-state index contributed by atoms with van der Waals surface area (Å²) in [6, 6.07) is 2.33. The van der Waals surface area contributed by atoms with Crippen molar-refractivity contribution in [3.8, 4) is 11.8 Å². The Bertz CT molecular complexity index is 357. The van der Waals surface area contributed by atoms with E-state index in [0.29, 0.717) is 17.9 Å². The third-order valence-corrected chi connectivity index (χ3v) is 1.84. The molecule has 0 spiro atoms. The maximum atomic E-state index is 11.1. The molecule has 1 aromatic rings. The highest BCUT2D eigenvalue weighted by molar-refractivity contribution is 5.60. The van der Waals surface area contributed by atoms with E-state index in [9.17, 15) is 15.0 Å². The van der Waals surface area contributed by atoms with Crippen LogP contribution in [-0.2, 0) is 14.2 Å². The summed E-state index contributed by atoms with van der Waals surface area (Å²) in [5.41, 5.74) is 0. The topological polar surface area (TPSA) is 99.4 Å². The van der Waals surface area contributed by atoms with E-state index in [4.69, 9.17) is 9.47 Å². The van der Waals surface area contributed by atoms with Gasteiger partial charge in [0.1, 0.15) is 6.61 Å². The van der Waals surface area contributed by atoms with E-state index < -0.39 is 17.9 Å². The highest BCUT2D eigenvalue weighted by Gasteiger charge is 2.12. The van der Waals surface area contributed by atoms with Gasteiger partial charge in [0.25, 0.3) is 0 Å². The minimum Gasteiger partial charge on any atom is -0.492 e. The summed E-state index contributed by atoms with van der Waals surface area (Å²) in [5, 5.41) is 18.4. The molecule has 0 aromatic carbocycles. The first-order valence-corrected chi connectivity index (χ1v) is 5.16. The fourth-order valence-electron chi connectivity index (χ4n) is 1.02. The van der Waals surface area contributed by atoms with Gasteiger partial charge in [-0.2, -0.15) is 0 Å². The van der Waals surface area contributed by atoms with E-state index in [0.717, 1.165) is 12.1 Å². The molecule has 2 N–H and O–H groups in total. The summed E-state index contributed by atoms with van der Waals surface area (Å²) in [4.78, 5) is 15.7. The van der Waals surface area contributed by atoms with Crippen molar-refractivity contribution >= 4 is 6.16 Å². The second-order valence-corrected chi connectivity index (χ2v) is 3.14. The molecule has 8 heteroatoms. The van der Waals surface area contributed by atoms with Gasteiger partial charge in [-0.15, -0.1) is 4.73 Å². The standard InChI is InChI=1S/C10H15NO7/c1-15-4-5-16-6-7-17-10(14)18-11-8(12)2-3-9(11)13/h2-3,12-13H,4-7H2,1H3. The molecule has 0 unspecified atom stereocenters. The number of ether oxygens (including phenoxy) is 3. The van der Waals surface area contributed by atoms with Gasteiger partial charge in [0.2, 0.25) is 11.8 Å². The number of hydrogen-bond donors (Lipinski definition) is 2. The number of aromatic hydroxyl groups is 2. The summed E-state index contributed by atoms with van der Waals surface area (Å²) < 4.78 is 15.0. The largest absolute Gasteiger partial charge is 0.534 e. The summed E-state index contributed by atoms with van der Waals surface area (Å²) in [6.45, 7) is 1.04. The van der Waals surface area contributed by atoms with Crippen LogP contribution < -0.4 is 4.84 Å². The summed E-state index contributed by atoms with van der Waals surface area (Å²) in [6.07, 6.45) is -1.06. The van der Waals surface area contributed by atoms with E-state index in [1.54, 1.807) is 7.11 Å². The van der Waals surface area contributed by atoms with Crippen LogP contribution in [0.1, 0.15) is 0 Å². The first kappa shape index (κ1) is 14.1. The molecule has 0 atom stereocenters. The average molecular weight is 261 g/mol. The van der Waals surface area contributed by atoms with Gasteiger partial charge in [-0.3, -0.25) is 4.84 Å². The zero-order valence-corrected chi connectivity index (χ0v) is 9.87. The zero-order chi connectivity index (χ0) is 13.4. The lowest BCUT2D eigenvalue weighted by Crippen LogP contribution is -2.22. The van der Waals surface area contributed by atoms with Gasteiger partial charge in [0, 0.05) is 19.2 Å². The van der Waals surface area contributed by atoms with Crippen LogP contribution in [0.15, 0.2) is 12.1 Å².